The molecule has 1 aliphatic heterocycles. The van der Waals surface area contributed by atoms with Gasteiger partial charge in [-0.05, 0) is 38.3 Å². The van der Waals surface area contributed by atoms with Gasteiger partial charge in [0.25, 0.3) is 0 Å². The number of aromatic nitrogens is 2. The molecule has 0 spiro atoms. The molecule has 4 rings (SSSR count). The highest BCUT2D eigenvalue weighted by atomic mass is 16.2. The largest absolute Gasteiger partial charge is 0.353 e. The number of hydrogen-bond acceptors (Lipinski definition) is 4. The Labute approximate surface area is 191 Å². The Balaban J connectivity index is 1.43. The molecule has 166 valence electrons. The quantitative estimate of drug-likeness (QED) is 0.588. The molecule has 1 aromatic heterocycles. The second-order valence-electron chi connectivity index (χ2n) is 8.68. The van der Waals surface area contributed by atoms with Crippen LogP contribution in [0.3, 0.4) is 0 Å². The Morgan fingerprint density at radius 3 is 2.31 bits per heavy atom. The van der Waals surface area contributed by atoms with E-state index in [1.54, 1.807) is 0 Å². The first kappa shape index (κ1) is 22.0. The molecule has 1 aliphatic rings. The fourth-order valence-corrected chi connectivity index (χ4v) is 4.43. The van der Waals surface area contributed by atoms with Gasteiger partial charge in [-0.2, -0.15) is 0 Å². The van der Waals surface area contributed by atoms with Crippen molar-refractivity contribution in [2.24, 2.45) is 0 Å². The van der Waals surface area contributed by atoms with E-state index < -0.39 is 0 Å². The van der Waals surface area contributed by atoms with Crippen molar-refractivity contribution in [3.8, 4) is 0 Å². The third kappa shape index (κ3) is 5.34. The summed E-state index contributed by atoms with van der Waals surface area (Å²) in [7, 11) is 0. The van der Waals surface area contributed by atoms with Gasteiger partial charge in [0.05, 0.1) is 0 Å². The van der Waals surface area contributed by atoms with Crippen LogP contribution in [0.15, 0.2) is 54.6 Å². The van der Waals surface area contributed by atoms with Crippen LogP contribution in [0.5, 0.6) is 0 Å². The molecule has 2 heterocycles. The molecule has 0 saturated carbocycles. The lowest BCUT2D eigenvalue weighted by Gasteiger charge is -2.36. The maximum Gasteiger partial charge on any atom is 0.223 e. The summed E-state index contributed by atoms with van der Waals surface area (Å²) in [4.78, 5) is 26.5. The molecule has 0 radical (unpaired) electrons. The molecule has 1 saturated heterocycles. The number of carbonyl (C=O) groups excluding carboxylic acids is 1. The molecule has 0 bridgehead atoms. The summed E-state index contributed by atoms with van der Waals surface area (Å²) >= 11 is 0. The van der Waals surface area contributed by atoms with Gasteiger partial charge < -0.3 is 9.80 Å². The molecular weight excluding hydrogens is 396 g/mol. The normalized spacial score (nSPS) is 14.0. The molecule has 5 nitrogen and oxygen atoms in total. The van der Waals surface area contributed by atoms with Crippen molar-refractivity contribution in [2.45, 2.75) is 40.0 Å². The molecule has 5 heteroatoms. The van der Waals surface area contributed by atoms with E-state index in [2.05, 4.69) is 60.1 Å². The summed E-state index contributed by atoms with van der Waals surface area (Å²) in [5.74, 6) is 2.06. The lowest BCUT2D eigenvalue weighted by molar-refractivity contribution is -0.131. The Morgan fingerprint density at radius 1 is 0.875 bits per heavy atom. The topological polar surface area (TPSA) is 49.3 Å². The van der Waals surface area contributed by atoms with Gasteiger partial charge in [0, 0.05) is 50.3 Å². The molecule has 0 aliphatic carbocycles. The van der Waals surface area contributed by atoms with Crippen LogP contribution in [0, 0.1) is 20.8 Å². The SMILES string of the molecule is Cc1cccc(Cc2c(C)nc(C)nc2N2CCN(C(=O)CCc3ccccc3)CC2)c1. The average molecular weight is 429 g/mol. The molecule has 0 N–H and O–H groups in total. The van der Waals surface area contributed by atoms with Gasteiger partial charge in [0.2, 0.25) is 5.91 Å². The van der Waals surface area contributed by atoms with Gasteiger partial charge in [-0.15, -0.1) is 0 Å². The number of anilines is 1. The monoisotopic (exact) mass is 428 g/mol. The average Bonchev–Trinajstić information content (AvgIpc) is 2.80. The maximum absolute atomic E-state index is 12.7. The first-order chi connectivity index (χ1) is 15.5. The minimum atomic E-state index is 0.239. The number of nitrogens with zero attached hydrogens (tertiary/aromatic N) is 4. The molecule has 2 aromatic carbocycles. The number of piperazine rings is 1. The zero-order valence-electron chi connectivity index (χ0n) is 19.3. The van der Waals surface area contributed by atoms with E-state index in [0.717, 1.165) is 56.4 Å². The van der Waals surface area contributed by atoms with E-state index in [1.807, 2.05) is 30.0 Å². The lowest BCUT2D eigenvalue weighted by Crippen LogP contribution is -2.49. The van der Waals surface area contributed by atoms with E-state index >= 15 is 0 Å². The standard InChI is InChI=1S/C27H32N4O/c1-20-8-7-11-24(18-20)19-25-21(2)28-22(3)29-27(25)31-16-14-30(15-17-31)26(32)13-12-23-9-5-4-6-10-23/h4-11,18H,12-17,19H2,1-3H3. The smallest absolute Gasteiger partial charge is 0.223 e. The van der Waals surface area contributed by atoms with Gasteiger partial charge in [-0.3, -0.25) is 4.79 Å². The highest BCUT2D eigenvalue weighted by Crippen LogP contribution is 2.25. The third-order valence-corrected chi connectivity index (χ3v) is 6.17. The molecule has 0 unspecified atom stereocenters. The molecule has 1 amide bonds. The summed E-state index contributed by atoms with van der Waals surface area (Å²) < 4.78 is 0. The zero-order chi connectivity index (χ0) is 22.5. The molecule has 0 atom stereocenters. The van der Waals surface area contributed by atoms with Crippen LogP contribution in [-0.4, -0.2) is 47.0 Å². The number of aryl methyl sites for hydroxylation is 4. The summed E-state index contributed by atoms with van der Waals surface area (Å²) in [5.41, 5.74) is 5.97. The Bertz CT molecular complexity index is 1070. The first-order valence-corrected chi connectivity index (χ1v) is 11.5. The second kappa shape index (κ2) is 9.94. The third-order valence-electron chi connectivity index (χ3n) is 6.17. The molecule has 3 aromatic rings. The van der Waals surface area contributed by atoms with E-state index in [1.165, 1.54) is 22.3 Å². The Morgan fingerprint density at radius 2 is 1.59 bits per heavy atom. The van der Waals surface area contributed by atoms with Gasteiger partial charge >= 0.3 is 0 Å². The van der Waals surface area contributed by atoms with E-state index in [9.17, 15) is 4.79 Å². The van der Waals surface area contributed by atoms with Crippen molar-refractivity contribution < 1.29 is 4.79 Å². The minimum Gasteiger partial charge on any atom is -0.353 e. The maximum atomic E-state index is 12.7. The molecule has 32 heavy (non-hydrogen) atoms. The van der Waals surface area contributed by atoms with Crippen molar-refractivity contribution in [2.75, 3.05) is 31.1 Å². The second-order valence-corrected chi connectivity index (χ2v) is 8.68. The van der Waals surface area contributed by atoms with E-state index in [0.29, 0.717) is 6.42 Å². The number of benzene rings is 2. The van der Waals surface area contributed by atoms with Crippen molar-refractivity contribution in [1.82, 2.24) is 14.9 Å². The van der Waals surface area contributed by atoms with Crippen LogP contribution in [0.4, 0.5) is 5.82 Å². The summed E-state index contributed by atoms with van der Waals surface area (Å²) in [6, 6.07) is 18.9. The molecule has 1 fully saturated rings. The van der Waals surface area contributed by atoms with Gasteiger partial charge in [-0.1, -0.05) is 60.2 Å². The van der Waals surface area contributed by atoms with E-state index in [4.69, 9.17) is 4.98 Å². The molecular formula is C27H32N4O. The van der Waals surface area contributed by atoms with Crippen molar-refractivity contribution >= 4 is 11.7 Å². The zero-order valence-corrected chi connectivity index (χ0v) is 19.3. The summed E-state index contributed by atoms with van der Waals surface area (Å²) in [6.07, 6.45) is 2.18. The van der Waals surface area contributed by atoms with Gasteiger partial charge in [-0.25, -0.2) is 9.97 Å². The van der Waals surface area contributed by atoms with Crippen LogP contribution in [0.2, 0.25) is 0 Å². The van der Waals surface area contributed by atoms with Crippen LogP contribution in [-0.2, 0) is 17.6 Å². The van der Waals surface area contributed by atoms with Crippen LogP contribution < -0.4 is 4.90 Å². The fraction of sp³-hybridized carbons (Fsp3) is 0.370. The fourth-order valence-electron chi connectivity index (χ4n) is 4.43. The number of carbonyl (C=O) groups is 1. The number of hydrogen-bond donors (Lipinski definition) is 0. The predicted molar refractivity (Wildman–Crippen MR) is 129 cm³/mol. The minimum absolute atomic E-state index is 0.239. The van der Waals surface area contributed by atoms with E-state index in [-0.39, 0.29) is 5.91 Å². The predicted octanol–water partition coefficient (Wildman–Crippen LogP) is 4.27. The van der Waals surface area contributed by atoms with Crippen molar-refractivity contribution in [1.29, 1.82) is 0 Å². The number of rotatable bonds is 6. The number of amides is 1. The highest BCUT2D eigenvalue weighted by molar-refractivity contribution is 5.76. The van der Waals surface area contributed by atoms with Crippen molar-refractivity contribution in [3.05, 3.63) is 88.4 Å². The summed E-state index contributed by atoms with van der Waals surface area (Å²) in [5, 5.41) is 0. The van der Waals surface area contributed by atoms with Gasteiger partial charge in [0.15, 0.2) is 0 Å². The van der Waals surface area contributed by atoms with Gasteiger partial charge in [0.1, 0.15) is 11.6 Å². The van der Waals surface area contributed by atoms with Crippen LogP contribution in [0.1, 0.15) is 40.2 Å². The summed E-state index contributed by atoms with van der Waals surface area (Å²) in [6.45, 7) is 9.22. The van der Waals surface area contributed by atoms with Crippen molar-refractivity contribution in [3.63, 3.8) is 0 Å². The Hall–Kier alpha value is -3.21. The van der Waals surface area contributed by atoms with Crippen LogP contribution in [0.25, 0.3) is 0 Å². The first-order valence-electron chi connectivity index (χ1n) is 11.5. The lowest BCUT2D eigenvalue weighted by atomic mass is 10.0. The van der Waals surface area contributed by atoms with Crippen LogP contribution >= 0.6 is 0 Å². The Kier molecular flexibility index (Phi) is 6.84. The highest BCUT2D eigenvalue weighted by Gasteiger charge is 2.24.